The number of piperidine rings is 1. The maximum atomic E-state index is 11.0. The zero-order valence-corrected chi connectivity index (χ0v) is 12.7. The van der Waals surface area contributed by atoms with Gasteiger partial charge in [-0.05, 0) is 58.2 Å². The molecule has 1 amide bonds. The quantitative estimate of drug-likeness (QED) is 0.719. The number of amides is 1. The second-order valence-corrected chi connectivity index (χ2v) is 5.90. The number of nitrogens with zero attached hydrogens (tertiary/aromatic N) is 3. The van der Waals surface area contributed by atoms with Crippen LogP contribution in [0.4, 0.5) is 0 Å². The minimum atomic E-state index is -0.976. The summed E-state index contributed by atoms with van der Waals surface area (Å²) in [6.45, 7) is 6.00. The first kappa shape index (κ1) is 16.0. The number of carbonyl (C=O) groups excluding carboxylic acids is 1. The van der Waals surface area contributed by atoms with Crippen LogP contribution >= 0.6 is 0 Å². The fourth-order valence-electron chi connectivity index (χ4n) is 2.98. The number of aryl methyl sites for hydroxylation is 2. The molecule has 0 saturated carbocycles. The van der Waals surface area contributed by atoms with E-state index in [1.807, 2.05) is 19.3 Å². The molecular weight excluding hydrogens is 268 g/mol. The molecule has 1 aliphatic rings. The Labute approximate surface area is 125 Å². The highest BCUT2D eigenvalue weighted by Crippen LogP contribution is 2.20. The summed E-state index contributed by atoms with van der Waals surface area (Å²) in [4.78, 5) is 17.6. The highest BCUT2D eigenvalue weighted by atomic mass is 16.3. The highest BCUT2D eigenvalue weighted by molar-refractivity contribution is 5.78. The molecule has 1 aliphatic heterocycles. The van der Waals surface area contributed by atoms with Crippen LogP contribution in [0.1, 0.15) is 31.5 Å². The summed E-state index contributed by atoms with van der Waals surface area (Å²) in [7, 11) is 0. The summed E-state index contributed by atoms with van der Waals surface area (Å²) in [5.74, 6) is 0.507. The molecule has 1 aromatic heterocycles. The number of aliphatic hydroxyl groups excluding tert-OH is 1. The number of likely N-dealkylation sites (tertiary alicyclic amines) is 1. The maximum absolute atomic E-state index is 11.0. The Kier molecular flexibility index (Phi) is 5.76. The Morgan fingerprint density at radius 1 is 1.43 bits per heavy atom. The van der Waals surface area contributed by atoms with Crippen LogP contribution in [0, 0.1) is 12.8 Å². The molecule has 2 rings (SSSR count). The molecule has 6 nitrogen and oxygen atoms in total. The van der Waals surface area contributed by atoms with Crippen molar-refractivity contribution < 1.29 is 9.90 Å². The lowest BCUT2D eigenvalue weighted by molar-refractivity contribution is -0.129. The number of rotatable bonds is 7. The van der Waals surface area contributed by atoms with Crippen molar-refractivity contribution >= 4 is 5.91 Å². The summed E-state index contributed by atoms with van der Waals surface area (Å²) in [5.41, 5.74) is 5.15. The van der Waals surface area contributed by atoms with Gasteiger partial charge in [-0.25, -0.2) is 4.98 Å². The van der Waals surface area contributed by atoms with Crippen LogP contribution in [0.2, 0.25) is 0 Å². The Balaban J connectivity index is 1.61. The van der Waals surface area contributed by atoms with Crippen LogP contribution in [-0.2, 0) is 11.3 Å². The average molecular weight is 294 g/mol. The van der Waals surface area contributed by atoms with E-state index in [4.69, 9.17) is 5.73 Å². The van der Waals surface area contributed by atoms with Gasteiger partial charge in [0, 0.05) is 18.9 Å². The van der Waals surface area contributed by atoms with Crippen LogP contribution in [0.25, 0.3) is 0 Å². The fourth-order valence-corrected chi connectivity index (χ4v) is 2.98. The second kappa shape index (κ2) is 7.56. The van der Waals surface area contributed by atoms with Crippen molar-refractivity contribution in [3.63, 3.8) is 0 Å². The lowest BCUT2D eigenvalue weighted by Gasteiger charge is -2.33. The number of aliphatic hydroxyl groups is 1. The Morgan fingerprint density at radius 2 is 2.10 bits per heavy atom. The van der Waals surface area contributed by atoms with Gasteiger partial charge in [0.05, 0.1) is 0 Å². The molecule has 0 aliphatic carbocycles. The van der Waals surface area contributed by atoms with Crippen molar-refractivity contribution in [3.8, 4) is 0 Å². The molecule has 2 heterocycles. The van der Waals surface area contributed by atoms with Crippen molar-refractivity contribution in [2.45, 2.75) is 45.3 Å². The lowest BCUT2D eigenvalue weighted by Crippen LogP contribution is -2.42. The van der Waals surface area contributed by atoms with Gasteiger partial charge in [-0.15, -0.1) is 0 Å². The van der Waals surface area contributed by atoms with E-state index in [9.17, 15) is 9.90 Å². The Morgan fingerprint density at radius 3 is 2.67 bits per heavy atom. The van der Waals surface area contributed by atoms with E-state index in [1.165, 1.54) is 0 Å². The smallest absolute Gasteiger partial charge is 0.246 e. The second-order valence-electron chi connectivity index (χ2n) is 5.90. The molecule has 0 spiro atoms. The van der Waals surface area contributed by atoms with Gasteiger partial charge in [0.15, 0.2) is 0 Å². The predicted octanol–water partition coefficient (Wildman–Crippen LogP) is 0.530. The molecule has 3 N–H and O–H groups in total. The summed E-state index contributed by atoms with van der Waals surface area (Å²) >= 11 is 0. The zero-order valence-electron chi connectivity index (χ0n) is 12.7. The highest BCUT2D eigenvalue weighted by Gasteiger charge is 2.28. The van der Waals surface area contributed by atoms with Crippen molar-refractivity contribution in [1.82, 2.24) is 14.5 Å². The standard InChI is InChI=1S/C15H26N4O2/c1-12-17-6-11-19(12)8-3-2-7-18-9-4-13(5-10-18)14(20)15(16)21/h6,11,13-14,20H,2-5,7-10H2,1H3,(H2,16,21)/t14-/m1/s1. The molecule has 0 aromatic carbocycles. The molecule has 1 saturated heterocycles. The molecular formula is C15H26N4O2. The molecule has 1 aromatic rings. The van der Waals surface area contributed by atoms with E-state index in [-0.39, 0.29) is 5.92 Å². The van der Waals surface area contributed by atoms with Gasteiger partial charge in [0.2, 0.25) is 5.91 Å². The van der Waals surface area contributed by atoms with Gasteiger partial charge in [0.1, 0.15) is 11.9 Å². The largest absolute Gasteiger partial charge is 0.383 e. The van der Waals surface area contributed by atoms with E-state index in [0.29, 0.717) is 0 Å². The van der Waals surface area contributed by atoms with Gasteiger partial charge in [0.25, 0.3) is 0 Å². The van der Waals surface area contributed by atoms with E-state index in [1.54, 1.807) is 0 Å². The van der Waals surface area contributed by atoms with Crippen LogP contribution in [0.5, 0.6) is 0 Å². The van der Waals surface area contributed by atoms with E-state index < -0.39 is 12.0 Å². The molecule has 6 heteroatoms. The average Bonchev–Trinajstić information content (AvgIpc) is 2.89. The predicted molar refractivity (Wildman–Crippen MR) is 80.6 cm³/mol. The maximum Gasteiger partial charge on any atom is 0.246 e. The van der Waals surface area contributed by atoms with Gasteiger partial charge >= 0.3 is 0 Å². The lowest BCUT2D eigenvalue weighted by atomic mass is 9.91. The van der Waals surface area contributed by atoms with E-state index >= 15 is 0 Å². The number of hydrogen-bond acceptors (Lipinski definition) is 4. The molecule has 1 atom stereocenters. The normalized spacial score (nSPS) is 18.8. The SMILES string of the molecule is Cc1nccn1CCCCN1CCC([C@@H](O)C(N)=O)CC1. The molecule has 0 radical (unpaired) electrons. The van der Waals surface area contributed by atoms with Crippen molar-refractivity contribution in [2.75, 3.05) is 19.6 Å². The minimum absolute atomic E-state index is 0.0346. The van der Waals surface area contributed by atoms with Crippen LogP contribution in [0.15, 0.2) is 12.4 Å². The Bertz CT molecular complexity index is 452. The third-order valence-electron chi connectivity index (χ3n) is 4.42. The topological polar surface area (TPSA) is 84.4 Å². The molecule has 0 unspecified atom stereocenters. The first-order valence-corrected chi connectivity index (χ1v) is 7.75. The van der Waals surface area contributed by atoms with Crippen LogP contribution in [-0.4, -0.2) is 51.2 Å². The van der Waals surface area contributed by atoms with Crippen LogP contribution in [0.3, 0.4) is 0 Å². The number of hydrogen-bond donors (Lipinski definition) is 2. The summed E-state index contributed by atoms with van der Waals surface area (Å²) in [5, 5.41) is 9.68. The van der Waals surface area contributed by atoms with Crippen molar-refractivity contribution in [1.29, 1.82) is 0 Å². The van der Waals surface area contributed by atoms with Gasteiger partial charge < -0.3 is 20.3 Å². The molecule has 1 fully saturated rings. The Hall–Kier alpha value is -1.40. The number of aromatic nitrogens is 2. The third kappa shape index (κ3) is 4.54. The number of unbranched alkanes of at least 4 members (excludes halogenated alkanes) is 1. The summed E-state index contributed by atoms with van der Waals surface area (Å²) in [6.07, 6.45) is 6.88. The number of carbonyl (C=O) groups is 1. The van der Waals surface area contributed by atoms with Gasteiger partial charge in [-0.1, -0.05) is 0 Å². The first-order chi connectivity index (χ1) is 10.1. The number of primary amides is 1. The number of imidazole rings is 1. The summed E-state index contributed by atoms with van der Waals surface area (Å²) < 4.78 is 2.18. The van der Waals surface area contributed by atoms with Gasteiger partial charge in [-0.3, -0.25) is 4.79 Å². The molecule has 118 valence electrons. The molecule has 0 bridgehead atoms. The molecule has 21 heavy (non-hydrogen) atoms. The minimum Gasteiger partial charge on any atom is -0.383 e. The summed E-state index contributed by atoms with van der Waals surface area (Å²) in [6, 6.07) is 0. The first-order valence-electron chi connectivity index (χ1n) is 7.75. The monoisotopic (exact) mass is 294 g/mol. The van der Waals surface area contributed by atoms with Crippen molar-refractivity contribution in [2.24, 2.45) is 11.7 Å². The van der Waals surface area contributed by atoms with Crippen LogP contribution < -0.4 is 5.73 Å². The van der Waals surface area contributed by atoms with Gasteiger partial charge in [-0.2, -0.15) is 0 Å². The van der Waals surface area contributed by atoms with E-state index in [0.717, 1.165) is 57.7 Å². The zero-order chi connectivity index (χ0) is 15.2. The third-order valence-corrected chi connectivity index (χ3v) is 4.42. The number of nitrogens with two attached hydrogens (primary N) is 1. The van der Waals surface area contributed by atoms with E-state index in [2.05, 4.69) is 14.5 Å². The fraction of sp³-hybridized carbons (Fsp3) is 0.733. The van der Waals surface area contributed by atoms with Crippen molar-refractivity contribution in [3.05, 3.63) is 18.2 Å².